The van der Waals surface area contributed by atoms with Crippen molar-refractivity contribution < 1.29 is 4.74 Å². The maximum absolute atomic E-state index is 5.91. The third-order valence-electron chi connectivity index (χ3n) is 4.39. The first-order valence-electron chi connectivity index (χ1n) is 7.50. The zero-order valence-electron chi connectivity index (χ0n) is 12.0. The highest BCUT2D eigenvalue weighted by atomic mass is 16.5. The molecule has 0 aliphatic carbocycles. The van der Waals surface area contributed by atoms with E-state index in [9.17, 15) is 0 Å². The quantitative estimate of drug-likeness (QED) is 0.882. The average Bonchev–Trinajstić information content (AvgIpc) is 2.47. The van der Waals surface area contributed by atoms with Crippen LogP contribution in [0.2, 0.25) is 0 Å². The summed E-state index contributed by atoms with van der Waals surface area (Å²) in [6.45, 7) is 9.87. The lowest BCUT2D eigenvalue weighted by molar-refractivity contribution is 0.0801. The van der Waals surface area contributed by atoms with Crippen molar-refractivity contribution in [2.75, 3.05) is 32.8 Å². The minimum atomic E-state index is 0.525. The molecule has 3 heteroatoms. The van der Waals surface area contributed by atoms with Crippen LogP contribution in [0.4, 0.5) is 0 Å². The topological polar surface area (TPSA) is 24.5 Å². The molecule has 0 bridgehead atoms. The fourth-order valence-electron chi connectivity index (χ4n) is 3.32. The van der Waals surface area contributed by atoms with Crippen LogP contribution < -0.4 is 10.1 Å². The normalized spacial score (nSPS) is 27.7. The molecule has 104 valence electrons. The summed E-state index contributed by atoms with van der Waals surface area (Å²) in [6.07, 6.45) is 1.09. The zero-order valence-corrected chi connectivity index (χ0v) is 12.0. The Morgan fingerprint density at radius 3 is 2.84 bits per heavy atom. The number of hydrogen-bond donors (Lipinski definition) is 1. The van der Waals surface area contributed by atoms with E-state index in [1.165, 1.54) is 11.1 Å². The van der Waals surface area contributed by atoms with Crippen LogP contribution in [0, 0.1) is 5.92 Å². The first kappa shape index (κ1) is 12.9. The van der Waals surface area contributed by atoms with Crippen molar-refractivity contribution in [1.29, 1.82) is 0 Å². The predicted molar refractivity (Wildman–Crippen MR) is 77.7 cm³/mol. The molecule has 1 fully saturated rings. The van der Waals surface area contributed by atoms with Crippen LogP contribution in [0.3, 0.4) is 0 Å². The molecule has 1 saturated heterocycles. The van der Waals surface area contributed by atoms with Gasteiger partial charge in [-0.15, -0.1) is 0 Å². The van der Waals surface area contributed by atoms with Crippen LogP contribution in [-0.2, 0) is 6.42 Å². The number of piperazine rings is 1. The molecular formula is C16H24N2O. The number of nitrogens with one attached hydrogen (secondary N) is 1. The second-order valence-electron chi connectivity index (χ2n) is 5.74. The summed E-state index contributed by atoms with van der Waals surface area (Å²) in [7, 11) is 0. The van der Waals surface area contributed by atoms with Crippen LogP contribution in [0.25, 0.3) is 0 Å². The Hall–Kier alpha value is -1.06. The second kappa shape index (κ2) is 5.51. The van der Waals surface area contributed by atoms with Crippen LogP contribution in [0.5, 0.6) is 5.75 Å². The fraction of sp³-hybridized carbons (Fsp3) is 0.625. The van der Waals surface area contributed by atoms with Gasteiger partial charge in [0, 0.05) is 43.7 Å². The van der Waals surface area contributed by atoms with Gasteiger partial charge in [0.25, 0.3) is 0 Å². The molecule has 0 radical (unpaired) electrons. The monoisotopic (exact) mass is 260 g/mol. The molecule has 2 aliphatic heterocycles. The first-order chi connectivity index (χ1) is 9.29. The maximum atomic E-state index is 5.91. The zero-order chi connectivity index (χ0) is 13.2. The fourth-order valence-corrected chi connectivity index (χ4v) is 3.32. The Labute approximate surface area is 115 Å². The van der Waals surface area contributed by atoms with Gasteiger partial charge >= 0.3 is 0 Å². The van der Waals surface area contributed by atoms with Gasteiger partial charge in [-0.3, -0.25) is 4.90 Å². The summed E-state index contributed by atoms with van der Waals surface area (Å²) in [5.74, 6) is 1.66. The highest BCUT2D eigenvalue weighted by Crippen LogP contribution is 2.39. The molecular weight excluding hydrogens is 236 g/mol. The summed E-state index contributed by atoms with van der Waals surface area (Å²) < 4.78 is 5.91. The molecule has 2 aliphatic rings. The molecule has 0 amide bonds. The van der Waals surface area contributed by atoms with Crippen molar-refractivity contribution in [3.8, 4) is 5.75 Å². The lowest BCUT2D eigenvalue weighted by Gasteiger charge is -2.41. The highest BCUT2D eigenvalue weighted by molar-refractivity contribution is 5.41. The van der Waals surface area contributed by atoms with Crippen molar-refractivity contribution in [1.82, 2.24) is 10.2 Å². The third-order valence-corrected chi connectivity index (χ3v) is 4.39. The molecule has 19 heavy (non-hydrogen) atoms. The van der Waals surface area contributed by atoms with E-state index in [0.29, 0.717) is 12.0 Å². The van der Waals surface area contributed by atoms with Gasteiger partial charge in [0.05, 0.1) is 6.61 Å². The summed E-state index contributed by atoms with van der Waals surface area (Å²) in [4.78, 5) is 2.63. The van der Waals surface area contributed by atoms with E-state index in [1.807, 2.05) is 0 Å². The van der Waals surface area contributed by atoms with Crippen LogP contribution in [0.1, 0.15) is 31.0 Å². The van der Waals surface area contributed by atoms with Gasteiger partial charge in [-0.05, 0) is 18.1 Å². The number of rotatable bonds is 2. The van der Waals surface area contributed by atoms with Gasteiger partial charge in [0.2, 0.25) is 0 Å². The predicted octanol–water partition coefficient (Wildman–Crippen LogP) is 2.22. The average molecular weight is 260 g/mol. The second-order valence-corrected chi connectivity index (χ2v) is 5.74. The molecule has 3 nitrogen and oxygen atoms in total. The number of aryl methyl sites for hydroxylation is 1. The van der Waals surface area contributed by atoms with E-state index in [1.54, 1.807) is 0 Å². The minimum Gasteiger partial charge on any atom is -0.493 e. The van der Waals surface area contributed by atoms with Crippen LogP contribution >= 0.6 is 0 Å². The van der Waals surface area contributed by atoms with Gasteiger partial charge in [-0.2, -0.15) is 0 Å². The van der Waals surface area contributed by atoms with Gasteiger partial charge in [-0.1, -0.05) is 26.0 Å². The number of hydrogen-bond acceptors (Lipinski definition) is 3. The molecule has 0 aromatic heterocycles. The van der Waals surface area contributed by atoms with Crippen LogP contribution in [-0.4, -0.2) is 37.7 Å². The number of nitrogens with zero attached hydrogens (tertiary/aromatic N) is 1. The Kier molecular flexibility index (Phi) is 3.76. The van der Waals surface area contributed by atoms with Gasteiger partial charge < -0.3 is 10.1 Å². The molecule has 2 heterocycles. The van der Waals surface area contributed by atoms with Gasteiger partial charge in [-0.25, -0.2) is 0 Å². The molecule has 1 aromatic rings. The Balaban J connectivity index is 1.94. The van der Waals surface area contributed by atoms with Crippen molar-refractivity contribution in [3.05, 3.63) is 29.3 Å². The number of benzene rings is 1. The third kappa shape index (κ3) is 2.49. The van der Waals surface area contributed by atoms with Gasteiger partial charge in [0.15, 0.2) is 0 Å². The molecule has 2 atom stereocenters. The minimum absolute atomic E-state index is 0.525. The Morgan fingerprint density at radius 2 is 2.11 bits per heavy atom. The number of ether oxygens (including phenoxy) is 1. The van der Waals surface area contributed by atoms with Gasteiger partial charge in [0.1, 0.15) is 5.75 Å². The van der Waals surface area contributed by atoms with Crippen LogP contribution in [0.15, 0.2) is 18.2 Å². The lowest BCUT2D eigenvalue weighted by atomic mass is 9.89. The Bertz CT molecular complexity index is 440. The van der Waals surface area contributed by atoms with E-state index < -0.39 is 0 Å². The maximum Gasteiger partial charge on any atom is 0.124 e. The van der Waals surface area contributed by atoms with Crippen molar-refractivity contribution >= 4 is 0 Å². The lowest BCUT2D eigenvalue weighted by Crippen LogP contribution is -2.48. The van der Waals surface area contributed by atoms with E-state index >= 15 is 0 Å². The summed E-state index contributed by atoms with van der Waals surface area (Å²) in [5.41, 5.74) is 2.82. The molecule has 1 aromatic carbocycles. The first-order valence-corrected chi connectivity index (χ1v) is 7.50. The molecule has 3 rings (SSSR count). The van der Waals surface area contributed by atoms with E-state index in [-0.39, 0.29) is 0 Å². The number of fused-ring (bicyclic) bond motifs is 1. The molecule has 1 N–H and O–H groups in total. The Morgan fingerprint density at radius 1 is 1.32 bits per heavy atom. The van der Waals surface area contributed by atoms with Crippen molar-refractivity contribution in [2.45, 2.75) is 26.3 Å². The van der Waals surface area contributed by atoms with E-state index in [4.69, 9.17) is 4.74 Å². The standard InChI is InChI=1S/C16H24N2O/c1-3-13-4-5-15-14(10-13)16(12(2)11-19-15)18-8-6-17-7-9-18/h4-5,10,12,16-17H,3,6-9,11H2,1-2H3. The SMILES string of the molecule is CCc1ccc2c(c1)C(N1CCNCC1)C(C)CO2. The van der Waals surface area contributed by atoms with Crippen molar-refractivity contribution in [3.63, 3.8) is 0 Å². The van der Waals surface area contributed by atoms with E-state index in [2.05, 4.69) is 42.3 Å². The van der Waals surface area contributed by atoms with E-state index in [0.717, 1.165) is 45.0 Å². The highest BCUT2D eigenvalue weighted by Gasteiger charge is 2.33. The smallest absolute Gasteiger partial charge is 0.124 e. The molecule has 0 saturated carbocycles. The summed E-state index contributed by atoms with van der Waals surface area (Å²) in [6, 6.07) is 7.24. The summed E-state index contributed by atoms with van der Waals surface area (Å²) >= 11 is 0. The molecule has 0 spiro atoms. The summed E-state index contributed by atoms with van der Waals surface area (Å²) in [5, 5.41) is 3.44. The molecule has 2 unspecified atom stereocenters. The van der Waals surface area contributed by atoms with Crippen molar-refractivity contribution in [2.24, 2.45) is 5.92 Å². The largest absolute Gasteiger partial charge is 0.493 e.